The van der Waals surface area contributed by atoms with Crippen LogP contribution in [0.25, 0.3) is 0 Å². The van der Waals surface area contributed by atoms with Gasteiger partial charge in [-0.3, -0.25) is 4.79 Å². The summed E-state index contributed by atoms with van der Waals surface area (Å²) in [4.78, 5) is 26.2. The summed E-state index contributed by atoms with van der Waals surface area (Å²) in [7, 11) is 1.24. The van der Waals surface area contributed by atoms with E-state index < -0.39 is 11.9 Å². The summed E-state index contributed by atoms with van der Waals surface area (Å²) in [6.07, 6.45) is 1.54. The molecule has 0 aliphatic carbocycles. The fourth-order valence-electron chi connectivity index (χ4n) is 3.67. The third-order valence-corrected chi connectivity index (χ3v) is 5.43. The molecular formula is C22H19ClN2O5. The molecule has 154 valence electrons. The highest BCUT2D eigenvalue weighted by molar-refractivity contribution is 6.31. The van der Waals surface area contributed by atoms with Crippen molar-refractivity contribution < 1.29 is 18.7 Å². The monoisotopic (exact) mass is 426 g/mol. The maximum absolute atomic E-state index is 13.6. The van der Waals surface area contributed by atoms with E-state index in [1.165, 1.54) is 7.11 Å². The first-order chi connectivity index (χ1) is 14.4. The summed E-state index contributed by atoms with van der Waals surface area (Å²) >= 11 is 6.44. The normalized spacial score (nSPS) is 15.5. The van der Waals surface area contributed by atoms with Crippen LogP contribution in [0.5, 0.6) is 5.75 Å². The number of ether oxygens (including phenoxy) is 2. The average Bonchev–Trinajstić information content (AvgIpc) is 3.23. The van der Waals surface area contributed by atoms with Gasteiger partial charge in [0, 0.05) is 16.8 Å². The number of halogens is 1. The number of aryl methyl sites for hydroxylation is 1. The Hall–Kier alpha value is -3.45. The minimum atomic E-state index is -0.842. The van der Waals surface area contributed by atoms with E-state index in [1.54, 1.807) is 60.2 Å². The van der Waals surface area contributed by atoms with Crippen LogP contribution in [0.15, 0.2) is 69.4 Å². The van der Waals surface area contributed by atoms with E-state index in [9.17, 15) is 9.59 Å². The molecule has 3 heterocycles. The molecule has 1 atom stereocenters. The SMILES string of the molecule is COC(=O)C1=C(N)Oc2cc(C)n(Cc3ccco3)c(=O)c2[C@@H]1c1ccccc1Cl. The van der Waals surface area contributed by atoms with Crippen molar-refractivity contribution >= 4 is 17.6 Å². The van der Waals surface area contributed by atoms with E-state index in [4.69, 9.17) is 31.2 Å². The lowest BCUT2D eigenvalue weighted by Crippen LogP contribution is -2.35. The molecule has 2 N–H and O–H groups in total. The number of rotatable bonds is 4. The standard InChI is InChI=1S/C22H19ClN2O5/c1-12-10-16-18(21(26)25(12)11-13-6-5-9-29-13)17(14-7-3-4-8-15(14)23)19(20(24)30-16)22(27)28-2/h3-10,17H,11,24H2,1-2H3/t17-/m0/s1. The van der Waals surface area contributed by atoms with Gasteiger partial charge in [0.2, 0.25) is 5.88 Å². The van der Waals surface area contributed by atoms with E-state index in [-0.39, 0.29) is 34.9 Å². The van der Waals surface area contributed by atoms with Crippen LogP contribution in [0.4, 0.5) is 0 Å². The molecule has 30 heavy (non-hydrogen) atoms. The van der Waals surface area contributed by atoms with Gasteiger partial charge in [-0.2, -0.15) is 0 Å². The van der Waals surface area contributed by atoms with Crippen LogP contribution in [-0.2, 0) is 16.1 Å². The number of nitrogens with zero attached hydrogens (tertiary/aromatic N) is 1. The Balaban J connectivity index is 1.99. The van der Waals surface area contributed by atoms with Gasteiger partial charge in [-0.1, -0.05) is 29.8 Å². The molecule has 0 unspecified atom stereocenters. The number of nitrogens with two attached hydrogens (primary N) is 1. The second-order valence-corrected chi connectivity index (χ2v) is 7.27. The van der Waals surface area contributed by atoms with Gasteiger partial charge < -0.3 is 24.2 Å². The second kappa shape index (κ2) is 7.76. The Morgan fingerprint density at radius 3 is 2.70 bits per heavy atom. The maximum atomic E-state index is 13.6. The largest absolute Gasteiger partial charge is 0.467 e. The minimum Gasteiger partial charge on any atom is -0.467 e. The third kappa shape index (κ3) is 3.27. The van der Waals surface area contributed by atoms with Gasteiger partial charge in [0.1, 0.15) is 17.1 Å². The van der Waals surface area contributed by atoms with Crippen LogP contribution in [-0.4, -0.2) is 17.6 Å². The Bertz CT molecular complexity index is 1210. The van der Waals surface area contributed by atoms with Crippen molar-refractivity contribution in [3.05, 3.63) is 98.1 Å². The summed E-state index contributed by atoms with van der Waals surface area (Å²) in [6.45, 7) is 2.02. The van der Waals surface area contributed by atoms with Crippen molar-refractivity contribution in [1.29, 1.82) is 0 Å². The molecule has 0 spiro atoms. The third-order valence-electron chi connectivity index (χ3n) is 5.09. The van der Waals surface area contributed by atoms with Crippen molar-refractivity contribution in [2.24, 2.45) is 5.73 Å². The molecule has 1 aromatic carbocycles. The summed E-state index contributed by atoms with van der Waals surface area (Å²) in [5.74, 6) is -0.758. The minimum absolute atomic E-state index is 0.0311. The number of hydrogen-bond acceptors (Lipinski definition) is 6. The summed E-state index contributed by atoms with van der Waals surface area (Å²) < 4.78 is 17.6. The lowest BCUT2D eigenvalue weighted by atomic mass is 9.83. The number of fused-ring (bicyclic) bond motifs is 1. The number of benzene rings is 1. The molecular weight excluding hydrogens is 408 g/mol. The fraction of sp³-hybridized carbons (Fsp3) is 0.182. The number of hydrogen-bond donors (Lipinski definition) is 1. The molecule has 0 saturated heterocycles. The Labute approximate surface area is 177 Å². The van der Waals surface area contributed by atoms with Gasteiger partial charge in [0.05, 0.1) is 31.4 Å². The van der Waals surface area contributed by atoms with Gasteiger partial charge in [0.25, 0.3) is 5.56 Å². The second-order valence-electron chi connectivity index (χ2n) is 6.86. The zero-order chi connectivity index (χ0) is 21.4. The Kier molecular flexibility index (Phi) is 5.13. The number of pyridine rings is 1. The molecule has 0 radical (unpaired) electrons. The molecule has 8 heteroatoms. The number of methoxy groups -OCH3 is 1. The lowest BCUT2D eigenvalue weighted by Gasteiger charge is -2.29. The number of furan rings is 1. The first kappa shape index (κ1) is 19.8. The zero-order valence-corrected chi connectivity index (χ0v) is 17.1. The number of carbonyl (C=O) groups excluding carboxylic acids is 1. The van der Waals surface area contributed by atoms with Gasteiger partial charge in [-0.05, 0) is 30.7 Å². The molecule has 0 bridgehead atoms. The van der Waals surface area contributed by atoms with Crippen molar-refractivity contribution in [3.8, 4) is 5.75 Å². The number of carbonyl (C=O) groups is 1. The van der Waals surface area contributed by atoms with Gasteiger partial charge in [0.15, 0.2) is 0 Å². The van der Waals surface area contributed by atoms with E-state index in [2.05, 4.69) is 0 Å². The summed E-state index contributed by atoms with van der Waals surface area (Å²) in [5, 5.41) is 0.391. The fourth-order valence-corrected chi connectivity index (χ4v) is 3.91. The van der Waals surface area contributed by atoms with Crippen LogP contribution < -0.4 is 16.0 Å². The predicted octanol–water partition coefficient (Wildman–Crippen LogP) is 3.32. The number of aromatic nitrogens is 1. The molecule has 3 aromatic rings. The lowest BCUT2D eigenvalue weighted by molar-refractivity contribution is -0.136. The molecule has 2 aromatic heterocycles. The van der Waals surface area contributed by atoms with Crippen molar-refractivity contribution in [3.63, 3.8) is 0 Å². The predicted molar refractivity (Wildman–Crippen MR) is 110 cm³/mol. The van der Waals surface area contributed by atoms with Crippen molar-refractivity contribution in [2.75, 3.05) is 7.11 Å². The molecule has 7 nitrogen and oxygen atoms in total. The highest BCUT2D eigenvalue weighted by atomic mass is 35.5. The number of esters is 1. The smallest absolute Gasteiger partial charge is 0.340 e. The molecule has 1 aliphatic heterocycles. The topological polar surface area (TPSA) is 96.7 Å². The maximum Gasteiger partial charge on any atom is 0.340 e. The molecule has 0 amide bonds. The van der Waals surface area contributed by atoms with Crippen LogP contribution in [0.3, 0.4) is 0 Å². The molecule has 4 rings (SSSR count). The van der Waals surface area contributed by atoms with E-state index in [1.807, 2.05) is 0 Å². The Morgan fingerprint density at radius 1 is 1.27 bits per heavy atom. The molecule has 1 aliphatic rings. The highest BCUT2D eigenvalue weighted by Gasteiger charge is 2.39. The van der Waals surface area contributed by atoms with E-state index in [0.717, 1.165) is 0 Å². The van der Waals surface area contributed by atoms with Gasteiger partial charge in [-0.25, -0.2) is 4.79 Å². The van der Waals surface area contributed by atoms with Crippen LogP contribution >= 0.6 is 11.6 Å². The van der Waals surface area contributed by atoms with Gasteiger partial charge >= 0.3 is 5.97 Å². The molecule has 0 fully saturated rings. The van der Waals surface area contributed by atoms with Crippen LogP contribution in [0, 0.1) is 6.92 Å². The van der Waals surface area contributed by atoms with Crippen molar-refractivity contribution in [1.82, 2.24) is 4.57 Å². The quantitative estimate of drug-likeness (QED) is 0.643. The molecule has 0 saturated carbocycles. The first-order valence-corrected chi connectivity index (χ1v) is 9.57. The van der Waals surface area contributed by atoms with Crippen molar-refractivity contribution in [2.45, 2.75) is 19.4 Å². The summed E-state index contributed by atoms with van der Waals surface area (Å²) in [5.41, 5.74) is 7.25. The highest BCUT2D eigenvalue weighted by Crippen LogP contribution is 2.43. The van der Waals surface area contributed by atoms with E-state index in [0.29, 0.717) is 22.0 Å². The Morgan fingerprint density at radius 2 is 2.03 bits per heavy atom. The van der Waals surface area contributed by atoms with Gasteiger partial charge in [-0.15, -0.1) is 0 Å². The zero-order valence-electron chi connectivity index (χ0n) is 16.3. The van der Waals surface area contributed by atoms with E-state index >= 15 is 0 Å². The average molecular weight is 427 g/mol. The van der Waals surface area contributed by atoms with Crippen LogP contribution in [0.2, 0.25) is 5.02 Å². The van der Waals surface area contributed by atoms with Crippen LogP contribution in [0.1, 0.15) is 28.5 Å². The summed E-state index contributed by atoms with van der Waals surface area (Å²) in [6, 6.07) is 12.2. The first-order valence-electron chi connectivity index (χ1n) is 9.19.